The summed E-state index contributed by atoms with van der Waals surface area (Å²) >= 11 is 12.4. The summed E-state index contributed by atoms with van der Waals surface area (Å²) in [5.41, 5.74) is 1.04. The number of benzene rings is 1. The van der Waals surface area contributed by atoms with Gasteiger partial charge in [0.2, 0.25) is 0 Å². The molecule has 3 nitrogen and oxygen atoms in total. The van der Waals surface area contributed by atoms with Crippen molar-refractivity contribution in [3.63, 3.8) is 0 Å². The number of nitrogens with zero attached hydrogens (tertiary/aromatic N) is 1. The van der Waals surface area contributed by atoms with Crippen LogP contribution in [0.2, 0.25) is 10.0 Å². The van der Waals surface area contributed by atoms with E-state index in [2.05, 4.69) is 24.2 Å². The van der Waals surface area contributed by atoms with Gasteiger partial charge in [0.15, 0.2) is 0 Å². The van der Waals surface area contributed by atoms with Gasteiger partial charge in [0.25, 0.3) is 0 Å². The number of nitrogens with one attached hydrogen (secondary N) is 1. The van der Waals surface area contributed by atoms with Gasteiger partial charge in [0.1, 0.15) is 0 Å². The van der Waals surface area contributed by atoms with E-state index in [1.807, 2.05) is 18.2 Å². The van der Waals surface area contributed by atoms with Crippen molar-refractivity contribution in [1.82, 2.24) is 10.2 Å². The van der Waals surface area contributed by atoms with Gasteiger partial charge in [-0.05, 0) is 37.4 Å². The van der Waals surface area contributed by atoms with E-state index in [4.69, 9.17) is 27.9 Å². The Kier molecular flexibility index (Phi) is 5.48. The van der Waals surface area contributed by atoms with Crippen LogP contribution in [0, 0.1) is 0 Å². The molecule has 1 aromatic carbocycles. The van der Waals surface area contributed by atoms with Crippen LogP contribution >= 0.6 is 23.2 Å². The molecule has 5 heteroatoms. The first-order chi connectivity index (χ1) is 9.13. The van der Waals surface area contributed by atoms with E-state index >= 15 is 0 Å². The molecule has 1 aliphatic rings. The van der Waals surface area contributed by atoms with Crippen molar-refractivity contribution in [1.29, 1.82) is 0 Å². The Morgan fingerprint density at radius 3 is 2.95 bits per heavy atom. The summed E-state index contributed by atoms with van der Waals surface area (Å²) in [6, 6.07) is 5.75. The average Bonchev–Trinajstić information content (AvgIpc) is 2.39. The summed E-state index contributed by atoms with van der Waals surface area (Å²) in [6.07, 6.45) is 0.0923. The number of morpholine rings is 1. The quantitative estimate of drug-likeness (QED) is 0.925. The van der Waals surface area contributed by atoms with Gasteiger partial charge < -0.3 is 10.1 Å². The zero-order valence-electron chi connectivity index (χ0n) is 11.3. The van der Waals surface area contributed by atoms with E-state index in [-0.39, 0.29) is 12.1 Å². The summed E-state index contributed by atoms with van der Waals surface area (Å²) in [5, 5.41) is 4.80. The van der Waals surface area contributed by atoms with Crippen LogP contribution in [0.15, 0.2) is 18.2 Å². The van der Waals surface area contributed by atoms with Crippen LogP contribution in [0.1, 0.15) is 18.5 Å². The molecular weight excluding hydrogens is 283 g/mol. The van der Waals surface area contributed by atoms with Crippen molar-refractivity contribution in [2.45, 2.75) is 19.1 Å². The van der Waals surface area contributed by atoms with Crippen molar-refractivity contribution in [2.24, 2.45) is 0 Å². The largest absolute Gasteiger partial charge is 0.374 e. The molecule has 0 bridgehead atoms. The van der Waals surface area contributed by atoms with E-state index in [1.54, 1.807) is 0 Å². The maximum atomic E-state index is 6.33. The summed E-state index contributed by atoms with van der Waals surface area (Å²) in [6.45, 7) is 5.49. The first kappa shape index (κ1) is 15.1. The third-order valence-electron chi connectivity index (χ3n) is 3.48. The fraction of sp³-hybridized carbons (Fsp3) is 0.571. The molecule has 106 valence electrons. The third-order valence-corrected chi connectivity index (χ3v) is 4.05. The summed E-state index contributed by atoms with van der Waals surface area (Å²) < 4.78 is 5.91. The lowest BCUT2D eigenvalue weighted by molar-refractivity contribution is -0.0611. The second-order valence-electron chi connectivity index (χ2n) is 4.81. The Morgan fingerprint density at radius 1 is 1.42 bits per heavy atom. The van der Waals surface area contributed by atoms with E-state index in [0.29, 0.717) is 5.02 Å². The Balaban J connectivity index is 2.27. The molecule has 0 aliphatic carbocycles. The number of hydrogen-bond donors (Lipinski definition) is 1. The molecule has 0 saturated carbocycles. The van der Waals surface area contributed by atoms with Crippen LogP contribution in [0.3, 0.4) is 0 Å². The molecular formula is C14H20Cl2N2O. The second-order valence-corrected chi connectivity index (χ2v) is 5.65. The fourth-order valence-electron chi connectivity index (χ4n) is 2.50. The van der Waals surface area contributed by atoms with Gasteiger partial charge >= 0.3 is 0 Å². The van der Waals surface area contributed by atoms with Crippen molar-refractivity contribution in [2.75, 3.05) is 33.3 Å². The topological polar surface area (TPSA) is 24.5 Å². The fourth-order valence-corrected chi connectivity index (χ4v) is 2.91. The molecule has 0 spiro atoms. The number of ether oxygens (including phenoxy) is 1. The minimum atomic E-state index is 0.0923. The molecule has 2 unspecified atom stereocenters. The first-order valence-corrected chi connectivity index (χ1v) is 7.36. The lowest BCUT2D eigenvalue weighted by Crippen LogP contribution is -2.47. The molecule has 1 fully saturated rings. The average molecular weight is 303 g/mol. The smallest absolute Gasteiger partial charge is 0.0896 e. The molecule has 2 atom stereocenters. The molecule has 2 rings (SSSR count). The van der Waals surface area contributed by atoms with Crippen LogP contribution < -0.4 is 5.32 Å². The molecule has 0 amide bonds. The number of hydrogen-bond acceptors (Lipinski definition) is 3. The van der Waals surface area contributed by atoms with Crippen molar-refractivity contribution in [3.8, 4) is 0 Å². The highest BCUT2D eigenvalue weighted by atomic mass is 35.5. The third kappa shape index (κ3) is 3.61. The van der Waals surface area contributed by atoms with Crippen LogP contribution in [0.4, 0.5) is 0 Å². The molecule has 1 aliphatic heterocycles. The van der Waals surface area contributed by atoms with E-state index in [0.717, 1.165) is 36.8 Å². The lowest BCUT2D eigenvalue weighted by Gasteiger charge is -2.40. The van der Waals surface area contributed by atoms with Crippen LogP contribution in [0.5, 0.6) is 0 Å². The Bertz CT molecular complexity index is 428. The molecule has 0 radical (unpaired) electrons. The van der Waals surface area contributed by atoms with Gasteiger partial charge in [-0.25, -0.2) is 0 Å². The van der Waals surface area contributed by atoms with Gasteiger partial charge in [-0.1, -0.05) is 30.1 Å². The maximum Gasteiger partial charge on any atom is 0.0896 e. The Labute approximate surface area is 124 Å². The van der Waals surface area contributed by atoms with Crippen LogP contribution in [-0.4, -0.2) is 44.3 Å². The Morgan fingerprint density at radius 2 is 2.21 bits per heavy atom. The highest BCUT2D eigenvalue weighted by Crippen LogP contribution is 2.34. The minimum absolute atomic E-state index is 0.0923. The van der Waals surface area contributed by atoms with Gasteiger partial charge in [0, 0.05) is 23.1 Å². The van der Waals surface area contributed by atoms with E-state index in [9.17, 15) is 0 Å². The van der Waals surface area contributed by atoms with Crippen LogP contribution in [0.25, 0.3) is 0 Å². The first-order valence-electron chi connectivity index (χ1n) is 6.61. The monoisotopic (exact) mass is 302 g/mol. The Hall–Kier alpha value is -0.320. The number of likely N-dealkylation sites (N-methyl/N-ethyl adjacent to an activating group) is 2. The molecule has 1 heterocycles. The molecule has 0 aromatic heterocycles. The highest BCUT2D eigenvalue weighted by Gasteiger charge is 2.32. The van der Waals surface area contributed by atoms with Crippen molar-refractivity contribution >= 4 is 23.2 Å². The second kappa shape index (κ2) is 6.91. The number of halogens is 2. The molecule has 1 saturated heterocycles. The van der Waals surface area contributed by atoms with E-state index < -0.39 is 0 Å². The predicted octanol–water partition coefficient (Wildman–Crippen LogP) is 2.97. The zero-order chi connectivity index (χ0) is 13.8. The van der Waals surface area contributed by atoms with Gasteiger partial charge in [-0.15, -0.1) is 0 Å². The van der Waals surface area contributed by atoms with E-state index in [1.165, 1.54) is 0 Å². The standard InChI is InChI=1S/C14H20Cl2N2O/c1-3-17-9-13-14(18(2)6-7-19-13)11-8-10(15)4-5-12(11)16/h4-5,8,13-14,17H,3,6-7,9H2,1-2H3. The van der Waals surface area contributed by atoms with Crippen LogP contribution in [-0.2, 0) is 4.74 Å². The normalized spacial score (nSPS) is 24.6. The molecule has 19 heavy (non-hydrogen) atoms. The molecule has 1 N–H and O–H groups in total. The lowest BCUT2D eigenvalue weighted by atomic mass is 9.98. The summed E-state index contributed by atoms with van der Waals surface area (Å²) in [4.78, 5) is 2.28. The summed E-state index contributed by atoms with van der Waals surface area (Å²) in [5.74, 6) is 0. The SMILES string of the molecule is CCNCC1OCCN(C)C1c1cc(Cl)ccc1Cl. The minimum Gasteiger partial charge on any atom is -0.374 e. The van der Waals surface area contributed by atoms with Crippen molar-refractivity contribution < 1.29 is 4.74 Å². The number of rotatable bonds is 4. The maximum absolute atomic E-state index is 6.33. The predicted molar refractivity (Wildman–Crippen MR) is 80.1 cm³/mol. The van der Waals surface area contributed by atoms with Gasteiger partial charge in [-0.2, -0.15) is 0 Å². The highest BCUT2D eigenvalue weighted by molar-refractivity contribution is 6.33. The van der Waals surface area contributed by atoms with Gasteiger partial charge in [-0.3, -0.25) is 4.90 Å². The summed E-state index contributed by atoms with van der Waals surface area (Å²) in [7, 11) is 2.10. The van der Waals surface area contributed by atoms with Gasteiger partial charge in [0.05, 0.1) is 18.8 Å². The van der Waals surface area contributed by atoms with Crippen molar-refractivity contribution in [3.05, 3.63) is 33.8 Å². The molecule has 1 aromatic rings. The zero-order valence-corrected chi connectivity index (χ0v) is 12.8.